The molecular formula is C14H15ClN4O3. The zero-order chi connectivity index (χ0) is 15.5. The van der Waals surface area contributed by atoms with Gasteiger partial charge in [-0.15, -0.1) is 0 Å². The fraction of sp³-hybridized carbons (Fsp3) is 0.357. The molecule has 1 aliphatic rings. The summed E-state index contributed by atoms with van der Waals surface area (Å²) in [6.07, 6.45) is -0.378. The van der Waals surface area contributed by atoms with Crippen molar-refractivity contribution in [2.24, 2.45) is 0 Å². The Morgan fingerprint density at radius 1 is 1.50 bits per heavy atom. The third kappa shape index (κ3) is 3.37. The number of ether oxygens (including phenoxy) is 1. The van der Waals surface area contributed by atoms with Crippen molar-refractivity contribution in [3.05, 3.63) is 41.0 Å². The maximum atomic E-state index is 12.3. The number of aryl methyl sites for hydroxylation is 1. The van der Waals surface area contributed by atoms with Crippen LogP contribution in [0.1, 0.15) is 17.8 Å². The van der Waals surface area contributed by atoms with Crippen molar-refractivity contribution in [3.8, 4) is 0 Å². The Balaban J connectivity index is 1.65. The smallest absolute Gasteiger partial charge is 0.322 e. The van der Waals surface area contributed by atoms with E-state index in [0.29, 0.717) is 42.1 Å². The quantitative estimate of drug-likeness (QED) is 0.919. The number of rotatable bonds is 2. The predicted molar refractivity (Wildman–Crippen MR) is 79.8 cm³/mol. The molecule has 1 fully saturated rings. The second-order valence-corrected chi connectivity index (χ2v) is 5.35. The van der Waals surface area contributed by atoms with Crippen LogP contribution in [0.5, 0.6) is 0 Å². The highest BCUT2D eigenvalue weighted by Crippen LogP contribution is 2.21. The molecule has 8 heteroatoms. The van der Waals surface area contributed by atoms with Crippen molar-refractivity contribution in [2.45, 2.75) is 13.0 Å². The monoisotopic (exact) mass is 322 g/mol. The number of urea groups is 1. The molecule has 0 aliphatic carbocycles. The number of hydrogen-bond acceptors (Lipinski definition) is 5. The van der Waals surface area contributed by atoms with Crippen molar-refractivity contribution < 1.29 is 14.1 Å². The molecule has 2 aromatic rings. The fourth-order valence-electron chi connectivity index (χ4n) is 2.20. The van der Waals surface area contributed by atoms with Crippen molar-refractivity contribution in [1.29, 1.82) is 0 Å². The molecule has 1 N–H and O–H groups in total. The molecule has 7 nitrogen and oxygen atoms in total. The molecule has 2 heterocycles. The molecule has 1 atom stereocenters. The number of benzene rings is 1. The third-order valence-corrected chi connectivity index (χ3v) is 3.50. The van der Waals surface area contributed by atoms with Crippen LogP contribution < -0.4 is 5.32 Å². The molecule has 1 saturated heterocycles. The number of nitrogens with one attached hydrogen (secondary N) is 1. The van der Waals surface area contributed by atoms with Crippen LogP contribution in [0, 0.1) is 6.92 Å². The minimum absolute atomic E-state index is 0.212. The van der Waals surface area contributed by atoms with Crippen LogP contribution >= 0.6 is 11.6 Å². The molecule has 116 valence electrons. The van der Waals surface area contributed by atoms with Crippen LogP contribution in [-0.2, 0) is 4.74 Å². The second-order valence-electron chi connectivity index (χ2n) is 4.92. The normalized spacial score (nSPS) is 18.3. The van der Waals surface area contributed by atoms with Crippen molar-refractivity contribution >= 4 is 23.3 Å². The highest BCUT2D eigenvalue weighted by molar-refractivity contribution is 6.30. The number of carbonyl (C=O) groups excluding carboxylic acids is 1. The summed E-state index contributed by atoms with van der Waals surface area (Å²) in [4.78, 5) is 18.1. The first-order valence-electron chi connectivity index (χ1n) is 6.85. The standard InChI is InChI=1S/C14H15ClN4O3/c1-9-16-13(18-22-9)12-8-19(5-6-21-12)14(20)17-11-4-2-3-10(15)7-11/h2-4,7,12H,5-6,8H2,1H3,(H,17,20)/t12-/m0/s1. The van der Waals surface area contributed by atoms with Crippen LogP contribution in [0.2, 0.25) is 5.02 Å². The Labute approximate surface area is 132 Å². The van der Waals surface area contributed by atoms with Crippen LogP contribution in [-0.4, -0.2) is 40.8 Å². The van der Waals surface area contributed by atoms with E-state index in [1.54, 1.807) is 36.1 Å². The average molecular weight is 323 g/mol. The largest absolute Gasteiger partial charge is 0.366 e. The van der Waals surface area contributed by atoms with Crippen LogP contribution in [0.4, 0.5) is 10.5 Å². The van der Waals surface area contributed by atoms with E-state index in [9.17, 15) is 4.79 Å². The summed E-state index contributed by atoms with van der Waals surface area (Å²) in [5.74, 6) is 0.928. The minimum atomic E-state index is -0.378. The van der Waals surface area contributed by atoms with E-state index in [2.05, 4.69) is 15.5 Å². The van der Waals surface area contributed by atoms with E-state index in [-0.39, 0.29) is 12.1 Å². The zero-order valence-corrected chi connectivity index (χ0v) is 12.7. The number of amides is 2. The van der Waals surface area contributed by atoms with Gasteiger partial charge in [-0.05, 0) is 18.2 Å². The minimum Gasteiger partial charge on any atom is -0.366 e. The first-order valence-corrected chi connectivity index (χ1v) is 7.23. The summed E-state index contributed by atoms with van der Waals surface area (Å²) in [6.45, 7) is 3.00. The molecule has 0 radical (unpaired) electrons. The van der Waals surface area contributed by atoms with Crippen LogP contribution in [0.15, 0.2) is 28.8 Å². The predicted octanol–water partition coefficient (Wildman–Crippen LogP) is 2.64. The maximum absolute atomic E-state index is 12.3. The summed E-state index contributed by atoms with van der Waals surface area (Å²) in [7, 11) is 0. The van der Waals surface area contributed by atoms with Crippen LogP contribution in [0.3, 0.4) is 0 Å². The number of halogens is 1. The SMILES string of the molecule is Cc1nc([C@@H]2CN(C(=O)Nc3cccc(Cl)c3)CCO2)no1. The maximum Gasteiger partial charge on any atom is 0.322 e. The van der Waals surface area contributed by atoms with Gasteiger partial charge in [0.2, 0.25) is 11.7 Å². The lowest BCUT2D eigenvalue weighted by Gasteiger charge is -2.31. The van der Waals surface area contributed by atoms with E-state index in [1.165, 1.54) is 0 Å². The highest BCUT2D eigenvalue weighted by atomic mass is 35.5. The van der Waals surface area contributed by atoms with Gasteiger partial charge in [-0.3, -0.25) is 0 Å². The first kappa shape index (κ1) is 14.8. The number of morpholine rings is 1. The topological polar surface area (TPSA) is 80.5 Å². The Morgan fingerprint density at radius 3 is 3.09 bits per heavy atom. The summed E-state index contributed by atoms with van der Waals surface area (Å²) in [5.41, 5.74) is 0.649. The van der Waals surface area contributed by atoms with E-state index >= 15 is 0 Å². The first-order chi connectivity index (χ1) is 10.6. The number of anilines is 1. The Hall–Kier alpha value is -2.12. The molecule has 0 bridgehead atoms. The van der Waals surface area contributed by atoms with Crippen molar-refractivity contribution in [2.75, 3.05) is 25.0 Å². The van der Waals surface area contributed by atoms with Gasteiger partial charge in [0.05, 0.1) is 13.2 Å². The summed E-state index contributed by atoms with van der Waals surface area (Å²) in [5, 5.41) is 7.22. The summed E-state index contributed by atoms with van der Waals surface area (Å²) in [6, 6.07) is 6.79. The molecule has 22 heavy (non-hydrogen) atoms. The number of carbonyl (C=O) groups is 1. The molecule has 0 spiro atoms. The zero-order valence-electron chi connectivity index (χ0n) is 12.0. The van der Waals surface area contributed by atoms with E-state index in [1.807, 2.05) is 0 Å². The number of aromatic nitrogens is 2. The molecule has 3 rings (SSSR count). The molecule has 1 aromatic carbocycles. The lowest BCUT2D eigenvalue weighted by molar-refractivity contribution is -0.0190. The highest BCUT2D eigenvalue weighted by Gasteiger charge is 2.28. The summed E-state index contributed by atoms with van der Waals surface area (Å²) < 4.78 is 10.5. The number of nitrogens with zero attached hydrogens (tertiary/aromatic N) is 3. The molecule has 0 unspecified atom stereocenters. The third-order valence-electron chi connectivity index (χ3n) is 3.26. The van der Waals surface area contributed by atoms with Gasteiger partial charge < -0.3 is 19.5 Å². The van der Waals surface area contributed by atoms with E-state index in [4.69, 9.17) is 20.9 Å². The van der Waals surface area contributed by atoms with Gasteiger partial charge >= 0.3 is 6.03 Å². The van der Waals surface area contributed by atoms with Gasteiger partial charge in [-0.1, -0.05) is 22.8 Å². The molecular weight excluding hydrogens is 308 g/mol. The van der Waals surface area contributed by atoms with Crippen molar-refractivity contribution in [3.63, 3.8) is 0 Å². The Kier molecular flexibility index (Phi) is 4.26. The lowest BCUT2D eigenvalue weighted by Crippen LogP contribution is -2.44. The fourth-order valence-corrected chi connectivity index (χ4v) is 2.39. The molecule has 1 aromatic heterocycles. The van der Waals surface area contributed by atoms with Gasteiger partial charge in [0.25, 0.3) is 0 Å². The summed E-state index contributed by atoms with van der Waals surface area (Å²) >= 11 is 5.91. The Morgan fingerprint density at radius 2 is 2.36 bits per heavy atom. The average Bonchev–Trinajstić information content (AvgIpc) is 2.94. The second kappa shape index (κ2) is 6.33. The van der Waals surface area contributed by atoms with Crippen LogP contribution in [0.25, 0.3) is 0 Å². The molecule has 1 aliphatic heterocycles. The van der Waals surface area contributed by atoms with Gasteiger partial charge in [-0.25, -0.2) is 4.79 Å². The van der Waals surface area contributed by atoms with Gasteiger partial charge in [0.15, 0.2) is 0 Å². The number of hydrogen-bond donors (Lipinski definition) is 1. The molecule has 2 amide bonds. The van der Waals surface area contributed by atoms with Gasteiger partial charge in [-0.2, -0.15) is 4.98 Å². The van der Waals surface area contributed by atoms with E-state index < -0.39 is 0 Å². The van der Waals surface area contributed by atoms with E-state index in [0.717, 1.165) is 0 Å². The Bertz CT molecular complexity index is 676. The van der Waals surface area contributed by atoms with Gasteiger partial charge in [0.1, 0.15) is 6.10 Å². The molecule has 0 saturated carbocycles. The lowest BCUT2D eigenvalue weighted by atomic mass is 10.2. The van der Waals surface area contributed by atoms with Crippen molar-refractivity contribution in [1.82, 2.24) is 15.0 Å². The van der Waals surface area contributed by atoms with Gasteiger partial charge in [0, 0.05) is 24.2 Å².